The number of hydrogen-bond donors (Lipinski definition) is 0. The summed E-state index contributed by atoms with van der Waals surface area (Å²) < 4.78 is 0. The molecular formula is C14H18Cl2N2O. The predicted molar refractivity (Wildman–Crippen MR) is 77.8 cm³/mol. The van der Waals surface area contributed by atoms with Crippen molar-refractivity contribution < 1.29 is 4.79 Å². The van der Waals surface area contributed by atoms with E-state index in [1.807, 2.05) is 11.8 Å². The molecule has 0 bridgehead atoms. The standard InChI is InChI=1S/C14H18Cl2N2O/c1-2-18(11-6-4-3-5-7-11)14(19)10-8-12(15)13(16)17-9-10/h8-9,11H,2-7H2,1H3. The third-order valence-corrected chi connectivity index (χ3v) is 4.35. The van der Waals surface area contributed by atoms with Crippen LogP contribution in [0.3, 0.4) is 0 Å². The van der Waals surface area contributed by atoms with Crippen LogP contribution >= 0.6 is 23.2 Å². The fourth-order valence-corrected chi connectivity index (χ4v) is 2.93. The predicted octanol–water partition coefficient (Wildman–Crippen LogP) is 4.18. The first-order chi connectivity index (χ1) is 9.13. The molecule has 0 unspecified atom stereocenters. The van der Waals surface area contributed by atoms with Gasteiger partial charge in [-0.15, -0.1) is 0 Å². The maximum Gasteiger partial charge on any atom is 0.255 e. The topological polar surface area (TPSA) is 33.2 Å². The van der Waals surface area contributed by atoms with E-state index in [0.717, 1.165) is 12.8 Å². The molecule has 3 nitrogen and oxygen atoms in total. The van der Waals surface area contributed by atoms with Crippen LogP contribution in [0.1, 0.15) is 49.4 Å². The summed E-state index contributed by atoms with van der Waals surface area (Å²) in [6, 6.07) is 1.95. The van der Waals surface area contributed by atoms with Crippen LogP contribution < -0.4 is 0 Å². The summed E-state index contributed by atoms with van der Waals surface area (Å²) in [5, 5.41) is 0.561. The highest BCUT2D eigenvalue weighted by molar-refractivity contribution is 6.41. The van der Waals surface area contributed by atoms with Crippen LogP contribution in [0.25, 0.3) is 0 Å². The third-order valence-electron chi connectivity index (χ3n) is 3.66. The van der Waals surface area contributed by atoms with Gasteiger partial charge < -0.3 is 4.90 Å². The minimum Gasteiger partial charge on any atom is -0.336 e. The molecule has 1 aromatic heterocycles. The molecule has 1 aliphatic rings. The van der Waals surface area contributed by atoms with Crippen molar-refractivity contribution in [3.8, 4) is 0 Å². The lowest BCUT2D eigenvalue weighted by atomic mass is 9.94. The zero-order chi connectivity index (χ0) is 13.8. The fraction of sp³-hybridized carbons (Fsp3) is 0.571. The number of carbonyl (C=O) groups is 1. The molecule has 0 saturated heterocycles. The summed E-state index contributed by atoms with van der Waals surface area (Å²) in [4.78, 5) is 18.4. The Hall–Kier alpha value is -0.800. The molecule has 1 saturated carbocycles. The van der Waals surface area contributed by atoms with E-state index in [1.165, 1.54) is 25.5 Å². The summed E-state index contributed by atoms with van der Waals surface area (Å²) in [6.45, 7) is 2.72. The fourth-order valence-electron chi connectivity index (χ4n) is 2.66. The molecule has 1 heterocycles. The van der Waals surface area contributed by atoms with Crippen LogP contribution in [-0.4, -0.2) is 28.4 Å². The molecule has 0 spiro atoms. The molecule has 0 atom stereocenters. The Balaban J connectivity index is 2.17. The number of carbonyl (C=O) groups excluding carboxylic acids is 1. The molecule has 1 amide bonds. The second-order valence-corrected chi connectivity index (χ2v) is 5.64. The molecule has 5 heteroatoms. The van der Waals surface area contributed by atoms with Crippen molar-refractivity contribution in [2.24, 2.45) is 0 Å². The van der Waals surface area contributed by atoms with Gasteiger partial charge in [0.05, 0.1) is 10.6 Å². The number of aromatic nitrogens is 1. The highest BCUT2D eigenvalue weighted by atomic mass is 35.5. The van der Waals surface area contributed by atoms with Crippen molar-refractivity contribution in [2.45, 2.75) is 45.1 Å². The molecule has 1 aliphatic carbocycles. The van der Waals surface area contributed by atoms with Crippen LogP contribution in [0, 0.1) is 0 Å². The Morgan fingerprint density at radius 3 is 2.63 bits per heavy atom. The molecule has 1 fully saturated rings. The summed E-state index contributed by atoms with van der Waals surface area (Å²) in [7, 11) is 0. The second kappa shape index (κ2) is 6.58. The number of nitrogens with zero attached hydrogens (tertiary/aromatic N) is 2. The Morgan fingerprint density at radius 1 is 1.37 bits per heavy atom. The Morgan fingerprint density at radius 2 is 2.05 bits per heavy atom. The number of halogens is 2. The molecule has 2 rings (SSSR count). The minimum absolute atomic E-state index is 0.000432. The van der Waals surface area contributed by atoms with Crippen LogP contribution in [0.15, 0.2) is 12.3 Å². The zero-order valence-electron chi connectivity index (χ0n) is 11.0. The van der Waals surface area contributed by atoms with Crippen molar-refractivity contribution in [3.63, 3.8) is 0 Å². The van der Waals surface area contributed by atoms with E-state index in [2.05, 4.69) is 4.98 Å². The average molecular weight is 301 g/mol. The van der Waals surface area contributed by atoms with Gasteiger partial charge in [-0.2, -0.15) is 0 Å². The smallest absolute Gasteiger partial charge is 0.255 e. The molecule has 1 aromatic rings. The zero-order valence-corrected chi connectivity index (χ0v) is 12.5. The lowest BCUT2D eigenvalue weighted by Crippen LogP contribution is -2.41. The first-order valence-corrected chi connectivity index (χ1v) is 7.51. The van der Waals surface area contributed by atoms with E-state index in [1.54, 1.807) is 6.07 Å². The van der Waals surface area contributed by atoms with Gasteiger partial charge in [0, 0.05) is 18.8 Å². The lowest BCUT2D eigenvalue weighted by Gasteiger charge is -2.33. The van der Waals surface area contributed by atoms with Crippen molar-refractivity contribution in [1.29, 1.82) is 0 Å². The van der Waals surface area contributed by atoms with E-state index in [-0.39, 0.29) is 11.1 Å². The number of amides is 1. The quantitative estimate of drug-likeness (QED) is 0.785. The molecule has 0 aromatic carbocycles. The van der Waals surface area contributed by atoms with E-state index in [0.29, 0.717) is 23.2 Å². The van der Waals surface area contributed by atoms with Gasteiger partial charge in [-0.1, -0.05) is 42.5 Å². The minimum atomic E-state index is 0.000432. The van der Waals surface area contributed by atoms with E-state index < -0.39 is 0 Å². The number of pyridine rings is 1. The van der Waals surface area contributed by atoms with Gasteiger partial charge in [-0.3, -0.25) is 4.79 Å². The molecule has 0 radical (unpaired) electrons. The largest absolute Gasteiger partial charge is 0.336 e. The first-order valence-electron chi connectivity index (χ1n) is 6.75. The molecular weight excluding hydrogens is 283 g/mol. The number of rotatable bonds is 3. The summed E-state index contributed by atoms with van der Waals surface area (Å²) >= 11 is 11.7. The SMILES string of the molecule is CCN(C(=O)c1cnc(Cl)c(Cl)c1)C1CCCCC1. The maximum atomic E-state index is 12.5. The van der Waals surface area contributed by atoms with Crippen LogP contribution in [-0.2, 0) is 0 Å². The van der Waals surface area contributed by atoms with E-state index in [9.17, 15) is 4.79 Å². The molecule has 104 valence electrons. The third kappa shape index (κ3) is 3.40. The van der Waals surface area contributed by atoms with Gasteiger partial charge >= 0.3 is 0 Å². The second-order valence-electron chi connectivity index (χ2n) is 4.88. The van der Waals surface area contributed by atoms with Crippen LogP contribution in [0.5, 0.6) is 0 Å². The van der Waals surface area contributed by atoms with Gasteiger partial charge in [0.15, 0.2) is 0 Å². The van der Waals surface area contributed by atoms with Gasteiger partial charge in [0.25, 0.3) is 5.91 Å². The summed E-state index contributed by atoms with van der Waals surface area (Å²) in [5.74, 6) is 0.000432. The van der Waals surface area contributed by atoms with Crippen LogP contribution in [0.4, 0.5) is 0 Å². The van der Waals surface area contributed by atoms with Crippen molar-refractivity contribution in [1.82, 2.24) is 9.88 Å². The van der Waals surface area contributed by atoms with E-state index >= 15 is 0 Å². The van der Waals surface area contributed by atoms with Gasteiger partial charge in [-0.05, 0) is 25.8 Å². The molecule has 0 aliphatic heterocycles. The van der Waals surface area contributed by atoms with Crippen molar-refractivity contribution in [2.75, 3.05) is 6.54 Å². The first kappa shape index (κ1) is 14.6. The highest BCUT2D eigenvalue weighted by Crippen LogP contribution is 2.25. The van der Waals surface area contributed by atoms with Crippen LogP contribution in [0.2, 0.25) is 10.2 Å². The van der Waals surface area contributed by atoms with Gasteiger partial charge in [0.2, 0.25) is 0 Å². The molecule has 0 N–H and O–H groups in total. The Labute approximate surface area is 123 Å². The summed E-state index contributed by atoms with van der Waals surface area (Å²) in [6.07, 6.45) is 7.36. The van der Waals surface area contributed by atoms with E-state index in [4.69, 9.17) is 23.2 Å². The lowest BCUT2D eigenvalue weighted by molar-refractivity contribution is 0.0647. The average Bonchev–Trinajstić information content (AvgIpc) is 2.44. The van der Waals surface area contributed by atoms with Gasteiger partial charge in [0.1, 0.15) is 5.15 Å². The highest BCUT2D eigenvalue weighted by Gasteiger charge is 2.25. The normalized spacial score (nSPS) is 16.4. The maximum absolute atomic E-state index is 12.5. The Bertz CT molecular complexity index is 459. The van der Waals surface area contributed by atoms with Gasteiger partial charge in [-0.25, -0.2) is 4.98 Å². The van der Waals surface area contributed by atoms with Crippen molar-refractivity contribution in [3.05, 3.63) is 28.0 Å². The monoisotopic (exact) mass is 300 g/mol. The van der Waals surface area contributed by atoms with Crippen molar-refractivity contribution >= 4 is 29.1 Å². The molecule has 19 heavy (non-hydrogen) atoms. The number of hydrogen-bond acceptors (Lipinski definition) is 2. The Kier molecular flexibility index (Phi) is 5.06. The summed E-state index contributed by atoms with van der Waals surface area (Å²) in [5.41, 5.74) is 0.516.